The Kier molecular flexibility index (Phi) is 5.78. The van der Waals surface area contributed by atoms with Crippen LogP contribution in [0.5, 0.6) is 0 Å². The molecule has 162 valence electrons. The summed E-state index contributed by atoms with van der Waals surface area (Å²) in [6.45, 7) is 19.2. The van der Waals surface area contributed by atoms with Crippen molar-refractivity contribution in [3.8, 4) is 0 Å². The van der Waals surface area contributed by atoms with E-state index in [4.69, 9.17) is 18.9 Å². The van der Waals surface area contributed by atoms with Crippen molar-refractivity contribution in [2.75, 3.05) is 0 Å². The molecule has 0 radical (unpaired) electrons. The number of nitrogens with zero attached hydrogens (tertiary/aromatic N) is 1. The monoisotopic (exact) mass is 419 g/mol. The Balaban J connectivity index is 1.89. The van der Waals surface area contributed by atoms with Gasteiger partial charge >= 0.3 is 5.97 Å². The van der Waals surface area contributed by atoms with E-state index in [2.05, 4.69) is 46.9 Å². The molecular formula is C23H37NO4Si. The maximum atomic E-state index is 12.2. The minimum Gasteiger partial charge on any atom is -0.459 e. The van der Waals surface area contributed by atoms with Crippen LogP contribution in [0.4, 0.5) is 0 Å². The Morgan fingerprint density at radius 2 is 1.93 bits per heavy atom. The predicted molar refractivity (Wildman–Crippen MR) is 116 cm³/mol. The zero-order valence-corrected chi connectivity index (χ0v) is 20.5. The van der Waals surface area contributed by atoms with Gasteiger partial charge in [-0.25, -0.2) is 0 Å². The van der Waals surface area contributed by atoms with E-state index in [9.17, 15) is 4.79 Å². The number of fused-ring (bicyclic) bond motifs is 3. The third-order valence-corrected chi connectivity index (χ3v) is 11.0. The number of rotatable bonds is 5. The first-order valence-electron chi connectivity index (χ1n) is 10.7. The topological polar surface area (TPSA) is 61.0 Å². The van der Waals surface area contributed by atoms with E-state index in [0.717, 1.165) is 24.2 Å². The number of hydrogen-bond donors (Lipinski definition) is 0. The highest BCUT2D eigenvalue weighted by Gasteiger charge is 2.47. The van der Waals surface area contributed by atoms with Crippen molar-refractivity contribution in [3.63, 3.8) is 0 Å². The molecule has 0 unspecified atom stereocenters. The number of carbonyl (C=O) groups excluding carboxylic acids is 1. The molecule has 3 rings (SSSR count). The zero-order chi connectivity index (χ0) is 21.8. The average Bonchev–Trinajstić information content (AvgIpc) is 3.36. The fourth-order valence-corrected chi connectivity index (χ4v) is 4.91. The van der Waals surface area contributed by atoms with Crippen LogP contribution in [0.2, 0.25) is 18.1 Å². The Hall–Kier alpha value is -1.24. The van der Waals surface area contributed by atoms with Gasteiger partial charge in [0.1, 0.15) is 12.7 Å². The highest BCUT2D eigenvalue weighted by molar-refractivity contribution is 6.74. The van der Waals surface area contributed by atoms with Crippen LogP contribution in [-0.4, -0.2) is 25.4 Å². The molecule has 0 N–H and O–H groups in total. The second-order valence-corrected chi connectivity index (χ2v) is 15.8. The molecule has 1 aliphatic carbocycles. The molecule has 2 aliphatic rings. The van der Waals surface area contributed by atoms with E-state index in [1.54, 1.807) is 0 Å². The lowest BCUT2D eigenvalue weighted by Gasteiger charge is -2.39. The van der Waals surface area contributed by atoms with Gasteiger partial charge in [0.05, 0.1) is 29.0 Å². The number of pyridine rings is 1. The molecule has 29 heavy (non-hydrogen) atoms. The van der Waals surface area contributed by atoms with E-state index in [-0.39, 0.29) is 29.8 Å². The molecule has 2 heterocycles. The summed E-state index contributed by atoms with van der Waals surface area (Å²) in [5, 5.41) is 0.143. The molecule has 5 nitrogen and oxygen atoms in total. The van der Waals surface area contributed by atoms with Crippen LogP contribution in [-0.2, 0) is 31.7 Å². The lowest BCUT2D eigenvalue weighted by atomic mass is 9.90. The van der Waals surface area contributed by atoms with E-state index >= 15 is 0 Å². The zero-order valence-electron chi connectivity index (χ0n) is 19.5. The second-order valence-electron chi connectivity index (χ2n) is 11.0. The lowest BCUT2D eigenvalue weighted by molar-refractivity contribution is -0.154. The molecule has 0 saturated carbocycles. The van der Waals surface area contributed by atoms with Gasteiger partial charge in [-0.1, -0.05) is 20.8 Å². The van der Waals surface area contributed by atoms with Gasteiger partial charge in [-0.2, -0.15) is 0 Å². The van der Waals surface area contributed by atoms with Gasteiger partial charge in [-0.15, -0.1) is 0 Å². The van der Waals surface area contributed by atoms with Gasteiger partial charge in [0, 0.05) is 0 Å². The summed E-state index contributed by atoms with van der Waals surface area (Å²) >= 11 is 0. The van der Waals surface area contributed by atoms with E-state index in [1.165, 1.54) is 11.1 Å². The van der Waals surface area contributed by atoms with Crippen molar-refractivity contribution in [2.24, 2.45) is 5.41 Å². The average molecular weight is 420 g/mol. The van der Waals surface area contributed by atoms with Crippen LogP contribution in [0.3, 0.4) is 0 Å². The van der Waals surface area contributed by atoms with E-state index < -0.39 is 13.7 Å². The minimum atomic E-state index is -1.92. The molecule has 0 aromatic carbocycles. The molecule has 3 atom stereocenters. The first-order valence-corrected chi connectivity index (χ1v) is 13.6. The maximum absolute atomic E-state index is 12.2. The van der Waals surface area contributed by atoms with Crippen molar-refractivity contribution in [3.05, 3.63) is 28.6 Å². The van der Waals surface area contributed by atoms with Crippen LogP contribution in [0, 0.1) is 5.41 Å². The summed E-state index contributed by atoms with van der Waals surface area (Å²) in [6, 6.07) is 2.08. The number of aromatic nitrogens is 1. The van der Waals surface area contributed by atoms with Crippen molar-refractivity contribution in [1.82, 2.24) is 4.98 Å². The molecule has 1 aromatic rings. The van der Waals surface area contributed by atoms with E-state index in [0.29, 0.717) is 6.10 Å². The molecule has 0 bridgehead atoms. The second kappa shape index (κ2) is 7.47. The van der Waals surface area contributed by atoms with Crippen LogP contribution < -0.4 is 0 Å². The number of epoxide rings is 1. The third-order valence-electron chi connectivity index (χ3n) is 6.45. The van der Waals surface area contributed by atoms with Crippen molar-refractivity contribution in [1.29, 1.82) is 0 Å². The van der Waals surface area contributed by atoms with Crippen molar-refractivity contribution < 1.29 is 18.7 Å². The van der Waals surface area contributed by atoms with Crippen LogP contribution >= 0.6 is 0 Å². The fraction of sp³-hybridized carbons (Fsp3) is 0.739. The number of carbonyl (C=O) groups is 1. The summed E-state index contributed by atoms with van der Waals surface area (Å²) in [4.78, 5) is 17.1. The normalized spacial score (nSPS) is 22.5. The SMILES string of the molecule is C[C@H](O[Si](C)(C)C(C)(C)C)c1cc(COC(=O)C(C)(C)C)nc2c1CC[C@@H]1O[C@H]21. The quantitative estimate of drug-likeness (QED) is 0.351. The molecule has 1 aliphatic heterocycles. The van der Waals surface area contributed by atoms with Gasteiger partial charge < -0.3 is 13.9 Å². The number of hydrogen-bond acceptors (Lipinski definition) is 5. The number of esters is 1. The standard InChI is InChI=1S/C23H37NO4Si/c1-14(28-29(8,9)23(5,6)7)17-12-15(13-26-21(25)22(2,3)4)24-19-16(17)10-11-18-20(19)27-18/h12,14,18,20H,10-11,13H2,1-9H3/t14-,18-,20-/m0/s1. The van der Waals surface area contributed by atoms with Gasteiger partial charge in [-0.3, -0.25) is 9.78 Å². The summed E-state index contributed by atoms with van der Waals surface area (Å²) in [7, 11) is -1.92. The predicted octanol–water partition coefficient (Wildman–Crippen LogP) is 5.64. The molecule has 1 fully saturated rings. The molecule has 6 heteroatoms. The molecule has 1 saturated heterocycles. The summed E-state index contributed by atoms with van der Waals surface area (Å²) in [5.41, 5.74) is 3.71. The molecule has 0 spiro atoms. The van der Waals surface area contributed by atoms with Gasteiger partial charge in [-0.05, 0) is 75.9 Å². The molecule has 0 amide bonds. The highest BCUT2D eigenvalue weighted by atomic mass is 28.4. The Labute approximate surface area is 176 Å². The summed E-state index contributed by atoms with van der Waals surface area (Å²) < 4.78 is 18.1. The lowest BCUT2D eigenvalue weighted by Crippen LogP contribution is -2.41. The van der Waals surface area contributed by atoms with Crippen LogP contribution in [0.1, 0.15) is 89.6 Å². The molecule has 1 aromatic heterocycles. The summed E-state index contributed by atoms with van der Waals surface area (Å²) in [5.74, 6) is -0.218. The smallest absolute Gasteiger partial charge is 0.311 e. The number of ether oxygens (including phenoxy) is 2. The van der Waals surface area contributed by atoms with Crippen molar-refractivity contribution >= 4 is 14.3 Å². The largest absolute Gasteiger partial charge is 0.459 e. The first kappa shape index (κ1) is 22.4. The van der Waals surface area contributed by atoms with E-state index in [1.807, 2.05) is 20.8 Å². The van der Waals surface area contributed by atoms with Crippen LogP contribution in [0.15, 0.2) is 6.07 Å². The Bertz CT molecular complexity index is 791. The van der Waals surface area contributed by atoms with Gasteiger partial charge in [0.15, 0.2) is 8.32 Å². The fourth-order valence-electron chi connectivity index (χ4n) is 3.54. The van der Waals surface area contributed by atoms with Crippen LogP contribution in [0.25, 0.3) is 0 Å². The third kappa shape index (κ3) is 4.75. The minimum absolute atomic E-state index is 0.0278. The maximum Gasteiger partial charge on any atom is 0.311 e. The Morgan fingerprint density at radius 1 is 1.28 bits per heavy atom. The van der Waals surface area contributed by atoms with Gasteiger partial charge in [0.2, 0.25) is 0 Å². The first-order chi connectivity index (χ1) is 13.2. The van der Waals surface area contributed by atoms with Crippen molar-refractivity contribution in [2.45, 2.75) is 104 Å². The Morgan fingerprint density at radius 3 is 2.52 bits per heavy atom. The summed E-state index contributed by atoms with van der Waals surface area (Å²) in [6.07, 6.45) is 2.37. The molecular weight excluding hydrogens is 382 g/mol. The van der Waals surface area contributed by atoms with Gasteiger partial charge in [0.25, 0.3) is 0 Å². The highest BCUT2D eigenvalue weighted by Crippen LogP contribution is 2.48.